The number of amides is 1. The largest absolute Gasteiger partial charge is 0.444 e. The summed E-state index contributed by atoms with van der Waals surface area (Å²) in [5.74, 6) is 0.780. The first kappa shape index (κ1) is 12.3. The molecular weight excluding hydrogens is 194 g/mol. The average molecular weight is 215 g/mol. The SMILES string of the molecule is CC(C)(C)OC(=O)NCC(CO)C1CC1. The molecule has 0 aromatic carbocycles. The number of aliphatic hydroxyl groups is 1. The standard InChI is InChI=1S/C11H21NO3/c1-11(2,3)15-10(14)12-6-9(7-13)8-4-5-8/h8-9,13H,4-7H2,1-3H3,(H,12,14). The summed E-state index contributed by atoms with van der Waals surface area (Å²) in [4.78, 5) is 11.3. The molecule has 1 rings (SSSR count). The summed E-state index contributed by atoms with van der Waals surface area (Å²) < 4.78 is 5.10. The van der Waals surface area contributed by atoms with Gasteiger partial charge in [0, 0.05) is 19.1 Å². The Morgan fingerprint density at radius 2 is 2.13 bits per heavy atom. The van der Waals surface area contributed by atoms with Crippen LogP contribution in [0, 0.1) is 11.8 Å². The van der Waals surface area contributed by atoms with Crippen LogP contribution >= 0.6 is 0 Å². The highest BCUT2D eigenvalue weighted by molar-refractivity contribution is 5.67. The zero-order valence-electron chi connectivity index (χ0n) is 9.75. The molecule has 1 aliphatic rings. The van der Waals surface area contributed by atoms with Gasteiger partial charge in [-0.15, -0.1) is 0 Å². The van der Waals surface area contributed by atoms with Crippen molar-refractivity contribution < 1.29 is 14.6 Å². The van der Waals surface area contributed by atoms with Gasteiger partial charge in [0.15, 0.2) is 0 Å². The Morgan fingerprint density at radius 3 is 2.53 bits per heavy atom. The van der Waals surface area contributed by atoms with Gasteiger partial charge in [-0.2, -0.15) is 0 Å². The number of carbonyl (C=O) groups excluding carboxylic acids is 1. The van der Waals surface area contributed by atoms with Gasteiger partial charge in [0.05, 0.1) is 0 Å². The van der Waals surface area contributed by atoms with Gasteiger partial charge in [-0.3, -0.25) is 0 Å². The first-order valence-electron chi connectivity index (χ1n) is 5.50. The van der Waals surface area contributed by atoms with E-state index in [1.807, 2.05) is 20.8 Å². The van der Waals surface area contributed by atoms with Crippen LogP contribution in [0.1, 0.15) is 33.6 Å². The number of nitrogens with one attached hydrogen (secondary N) is 1. The summed E-state index contributed by atoms with van der Waals surface area (Å²) >= 11 is 0. The quantitative estimate of drug-likeness (QED) is 0.747. The molecule has 0 saturated heterocycles. The summed E-state index contributed by atoms with van der Waals surface area (Å²) in [6.07, 6.45) is 1.93. The van der Waals surface area contributed by atoms with Gasteiger partial charge < -0.3 is 15.2 Å². The second kappa shape index (κ2) is 4.84. The van der Waals surface area contributed by atoms with Crippen molar-refractivity contribution in [3.8, 4) is 0 Å². The molecule has 0 radical (unpaired) electrons. The molecule has 0 heterocycles. The van der Waals surface area contributed by atoms with Crippen LogP contribution in [0.4, 0.5) is 4.79 Å². The van der Waals surface area contributed by atoms with E-state index in [9.17, 15) is 4.79 Å². The van der Waals surface area contributed by atoms with Crippen molar-refractivity contribution in [1.82, 2.24) is 5.32 Å². The lowest BCUT2D eigenvalue weighted by molar-refractivity contribution is 0.0509. The van der Waals surface area contributed by atoms with Gasteiger partial charge in [-0.1, -0.05) is 0 Å². The van der Waals surface area contributed by atoms with E-state index in [1.165, 1.54) is 12.8 Å². The molecule has 0 aliphatic heterocycles. The third-order valence-electron chi connectivity index (χ3n) is 2.43. The minimum absolute atomic E-state index is 0.139. The maximum Gasteiger partial charge on any atom is 0.407 e. The second-order valence-corrected chi connectivity index (χ2v) is 5.16. The lowest BCUT2D eigenvalue weighted by atomic mass is 10.1. The Morgan fingerprint density at radius 1 is 1.53 bits per heavy atom. The number of rotatable bonds is 4. The van der Waals surface area contributed by atoms with Crippen LogP contribution in [0.5, 0.6) is 0 Å². The van der Waals surface area contributed by atoms with Gasteiger partial charge in [-0.25, -0.2) is 4.79 Å². The lowest BCUT2D eigenvalue weighted by Crippen LogP contribution is -2.36. The molecular formula is C11H21NO3. The Balaban J connectivity index is 2.20. The number of hydrogen-bond donors (Lipinski definition) is 2. The van der Waals surface area contributed by atoms with E-state index in [1.54, 1.807) is 0 Å². The minimum Gasteiger partial charge on any atom is -0.444 e. The molecule has 88 valence electrons. The van der Waals surface area contributed by atoms with Crippen LogP contribution in [0.3, 0.4) is 0 Å². The number of aliphatic hydroxyl groups excluding tert-OH is 1. The third kappa shape index (κ3) is 5.02. The molecule has 1 unspecified atom stereocenters. The molecule has 1 fully saturated rings. The number of alkyl carbamates (subject to hydrolysis) is 1. The van der Waals surface area contributed by atoms with Gasteiger partial charge in [0.25, 0.3) is 0 Å². The summed E-state index contributed by atoms with van der Waals surface area (Å²) in [6.45, 7) is 6.14. The van der Waals surface area contributed by atoms with E-state index in [-0.39, 0.29) is 12.5 Å². The van der Waals surface area contributed by atoms with E-state index in [4.69, 9.17) is 9.84 Å². The predicted octanol–water partition coefficient (Wildman–Crippen LogP) is 1.53. The van der Waals surface area contributed by atoms with E-state index in [0.717, 1.165) is 0 Å². The topological polar surface area (TPSA) is 58.6 Å². The summed E-state index contributed by atoms with van der Waals surface area (Å²) in [5, 5.41) is 11.8. The summed E-state index contributed by atoms with van der Waals surface area (Å²) in [7, 11) is 0. The molecule has 2 N–H and O–H groups in total. The van der Waals surface area contributed by atoms with Crippen molar-refractivity contribution in [1.29, 1.82) is 0 Å². The molecule has 1 saturated carbocycles. The van der Waals surface area contributed by atoms with Gasteiger partial charge in [0.1, 0.15) is 5.60 Å². The summed E-state index contributed by atoms with van der Waals surface area (Å²) in [5.41, 5.74) is -0.460. The first-order valence-corrected chi connectivity index (χ1v) is 5.50. The molecule has 1 aliphatic carbocycles. The molecule has 0 spiro atoms. The van der Waals surface area contributed by atoms with Crippen LogP contribution < -0.4 is 5.32 Å². The van der Waals surface area contributed by atoms with Gasteiger partial charge >= 0.3 is 6.09 Å². The maximum atomic E-state index is 11.3. The Hall–Kier alpha value is -0.770. The lowest BCUT2D eigenvalue weighted by Gasteiger charge is -2.21. The molecule has 1 amide bonds. The minimum atomic E-state index is -0.460. The fourth-order valence-corrected chi connectivity index (χ4v) is 1.48. The molecule has 4 nitrogen and oxygen atoms in total. The van der Waals surface area contributed by atoms with E-state index >= 15 is 0 Å². The van der Waals surface area contributed by atoms with Crippen LogP contribution in [0.15, 0.2) is 0 Å². The normalized spacial score (nSPS) is 18.4. The Labute approximate surface area is 91.0 Å². The Kier molecular flexibility index (Phi) is 3.97. The number of hydrogen-bond acceptors (Lipinski definition) is 3. The van der Waals surface area contributed by atoms with E-state index < -0.39 is 11.7 Å². The van der Waals surface area contributed by atoms with Gasteiger partial charge in [0.2, 0.25) is 0 Å². The monoisotopic (exact) mass is 215 g/mol. The van der Waals surface area contributed by atoms with E-state index in [2.05, 4.69) is 5.32 Å². The average Bonchev–Trinajstić information content (AvgIpc) is 2.85. The highest BCUT2D eigenvalue weighted by atomic mass is 16.6. The summed E-state index contributed by atoms with van der Waals surface area (Å²) in [6, 6.07) is 0. The molecule has 0 bridgehead atoms. The smallest absolute Gasteiger partial charge is 0.407 e. The zero-order valence-corrected chi connectivity index (χ0v) is 9.75. The van der Waals surface area contributed by atoms with Crippen LogP contribution in [0.2, 0.25) is 0 Å². The van der Waals surface area contributed by atoms with Crippen LogP contribution in [-0.4, -0.2) is 30.0 Å². The van der Waals surface area contributed by atoms with Crippen molar-refractivity contribution >= 4 is 6.09 Å². The number of ether oxygens (including phenoxy) is 1. The van der Waals surface area contributed by atoms with Crippen molar-refractivity contribution in [2.45, 2.75) is 39.2 Å². The van der Waals surface area contributed by atoms with Crippen LogP contribution in [0.25, 0.3) is 0 Å². The molecule has 0 aromatic heterocycles. The molecule has 15 heavy (non-hydrogen) atoms. The second-order valence-electron chi connectivity index (χ2n) is 5.16. The maximum absolute atomic E-state index is 11.3. The third-order valence-corrected chi connectivity index (χ3v) is 2.43. The Bertz CT molecular complexity index is 218. The molecule has 0 aromatic rings. The van der Waals surface area contributed by atoms with Crippen molar-refractivity contribution in [2.75, 3.05) is 13.2 Å². The highest BCUT2D eigenvalue weighted by Gasteiger charge is 2.31. The van der Waals surface area contributed by atoms with E-state index in [0.29, 0.717) is 12.5 Å². The van der Waals surface area contributed by atoms with Crippen molar-refractivity contribution in [3.05, 3.63) is 0 Å². The van der Waals surface area contributed by atoms with Crippen molar-refractivity contribution in [3.63, 3.8) is 0 Å². The fourth-order valence-electron chi connectivity index (χ4n) is 1.48. The molecule has 1 atom stereocenters. The molecule has 4 heteroatoms. The highest BCUT2D eigenvalue weighted by Crippen LogP contribution is 2.36. The number of carbonyl (C=O) groups is 1. The fraction of sp³-hybridized carbons (Fsp3) is 0.909. The predicted molar refractivity (Wildman–Crippen MR) is 57.5 cm³/mol. The van der Waals surface area contributed by atoms with Crippen LogP contribution in [-0.2, 0) is 4.74 Å². The van der Waals surface area contributed by atoms with Gasteiger partial charge in [-0.05, 0) is 39.5 Å². The first-order chi connectivity index (χ1) is 6.92. The van der Waals surface area contributed by atoms with Crippen molar-refractivity contribution in [2.24, 2.45) is 11.8 Å². The zero-order chi connectivity index (χ0) is 11.5.